The van der Waals surface area contributed by atoms with Crippen LogP contribution in [-0.2, 0) is 19.4 Å². The fourth-order valence-corrected chi connectivity index (χ4v) is 5.32. The van der Waals surface area contributed by atoms with Crippen molar-refractivity contribution in [2.75, 3.05) is 37.8 Å². The third-order valence-corrected chi connectivity index (χ3v) is 6.84. The lowest BCUT2D eigenvalue weighted by Gasteiger charge is -2.23. The summed E-state index contributed by atoms with van der Waals surface area (Å²) >= 11 is 1.70. The summed E-state index contributed by atoms with van der Waals surface area (Å²) in [5.41, 5.74) is 12.1. The molecule has 0 aliphatic heterocycles. The number of fused-ring (bicyclic) bond motifs is 2. The number of nitrogens with one attached hydrogen (secondary N) is 1. The quantitative estimate of drug-likeness (QED) is 0.520. The SMILES string of the molecule is CN(C)c1cc2c(cc1Sc1nc3c(N)ncnc3n1CCNCC(C)(C)C)CCCC2. The van der Waals surface area contributed by atoms with Crippen LogP contribution in [0.4, 0.5) is 11.5 Å². The highest BCUT2D eigenvalue weighted by molar-refractivity contribution is 7.99. The highest BCUT2D eigenvalue weighted by Gasteiger charge is 2.20. The number of rotatable bonds is 7. The second-order valence-corrected chi connectivity index (χ2v) is 11.0. The van der Waals surface area contributed by atoms with Crippen molar-refractivity contribution in [2.45, 2.75) is 63.1 Å². The molecule has 1 aliphatic rings. The topological polar surface area (TPSA) is 84.9 Å². The number of aromatic nitrogens is 4. The van der Waals surface area contributed by atoms with Gasteiger partial charge < -0.3 is 20.5 Å². The molecule has 2 aromatic heterocycles. The Morgan fingerprint density at radius 2 is 1.84 bits per heavy atom. The zero-order chi connectivity index (χ0) is 22.9. The molecule has 32 heavy (non-hydrogen) atoms. The van der Waals surface area contributed by atoms with E-state index in [1.165, 1.54) is 47.3 Å². The third-order valence-electron chi connectivity index (χ3n) is 5.80. The molecule has 4 rings (SSSR count). The highest BCUT2D eigenvalue weighted by Crippen LogP contribution is 2.39. The van der Waals surface area contributed by atoms with Crippen molar-refractivity contribution in [3.8, 4) is 0 Å². The molecular weight excluding hydrogens is 418 g/mol. The van der Waals surface area contributed by atoms with Crippen LogP contribution in [0.5, 0.6) is 0 Å². The molecule has 8 heteroatoms. The molecule has 1 aromatic carbocycles. The average Bonchev–Trinajstić information content (AvgIpc) is 3.08. The van der Waals surface area contributed by atoms with E-state index in [4.69, 9.17) is 10.7 Å². The summed E-state index contributed by atoms with van der Waals surface area (Å²) in [6.45, 7) is 9.27. The maximum Gasteiger partial charge on any atom is 0.175 e. The van der Waals surface area contributed by atoms with Gasteiger partial charge in [-0.1, -0.05) is 20.8 Å². The largest absolute Gasteiger partial charge is 0.382 e. The van der Waals surface area contributed by atoms with Gasteiger partial charge in [0.05, 0.1) is 5.69 Å². The summed E-state index contributed by atoms with van der Waals surface area (Å²) in [5, 5.41) is 4.47. The molecule has 0 bridgehead atoms. The van der Waals surface area contributed by atoms with E-state index in [0.717, 1.165) is 36.9 Å². The summed E-state index contributed by atoms with van der Waals surface area (Å²) in [6, 6.07) is 4.73. The number of imidazole rings is 1. The minimum absolute atomic E-state index is 0.241. The Morgan fingerprint density at radius 1 is 1.12 bits per heavy atom. The van der Waals surface area contributed by atoms with Crippen LogP contribution in [0.3, 0.4) is 0 Å². The summed E-state index contributed by atoms with van der Waals surface area (Å²) in [5.74, 6) is 0.427. The number of aryl methyl sites for hydroxylation is 2. The van der Waals surface area contributed by atoms with E-state index in [1.807, 2.05) is 0 Å². The van der Waals surface area contributed by atoms with Gasteiger partial charge in [0, 0.05) is 38.6 Å². The molecule has 0 amide bonds. The Labute approximate surface area is 195 Å². The molecule has 7 nitrogen and oxygen atoms in total. The Morgan fingerprint density at radius 3 is 2.53 bits per heavy atom. The monoisotopic (exact) mass is 453 g/mol. The van der Waals surface area contributed by atoms with E-state index in [-0.39, 0.29) is 5.41 Å². The van der Waals surface area contributed by atoms with Gasteiger partial charge in [-0.3, -0.25) is 0 Å². The zero-order valence-corrected chi connectivity index (χ0v) is 20.7. The minimum atomic E-state index is 0.241. The normalized spacial score (nSPS) is 14.0. The number of nitrogens with two attached hydrogens (primary N) is 1. The number of nitrogens with zero attached hydrogens (tertiary/aromatic N) is 5. The van der Waals surface area contributed by atoms with E-state index in [1.54, 1.807) is 11.8 Å². The predicted molar refractivity (Wildman–Crippen MR) is 134 cm³/mol. The van der Waals surface area contributed by atoms with Crippen LogP contribution in [0.1, 0.15) is 44.7 Å². The fraction of sp³-hybridized carbons (Fsp3) is 0.542. The minimum Gasteiger partial charge on any atom is -0.382 e. The molecule has 0 fully saturated rings. The molecule has 1 aliphatic carbocycles. The first-order valence-corrected chi connectivity index (χ1v) is 12.2. The van der Waals surface area contributed by atoms with E-state index in [0.29, 0.717) is 11.3 Å². The smallest absolute Gasteiger partial charge is 0.175 e. The summed E-state index contributed by atoms with van der Waals surface area (Å²) < 4.78 is 2.17. The standard InChI is InChI=1S/C24H35N7S/c1-24(2,3)14-26-10-11-31-22-20(21(25)27-15-28-22)29-23(31)32-19-13-17-9-7-6-8-16(17)12-18(19)30(4)5/h12-13,15,26H,6-11,14H2,1-5H3,(H2,25,27,28). The van der Waals surface area contributed by atoms with Gasteiger partial charge in [-0.25, -0.2) is 15.0 Å². The molecule has 0 unspecified atom stereocenters. The van der Waals surface area contributed by atoms with Crippen LogP contribution in [0, 0.1) is 5.41 Å². The Hall–Kier alpha value is -2.32. The molecular formula is C24H35N7S. The summed E-state index contributed by atoms with van der Waals surface area (Å²) in [7, 11) is 4.22. The average molecular weight is 454 g/mol. The Bertz CT molecular complexity index is 1100. The van der Waals surface area contributed by atoms with Gasteiger partial charge in [-0.05, 0) is 66.1 Å². The molecule has 172 valence electrons. The predicted octanol–water partition coefficient (Wildman–Crippen LogP) is 4.14. The fourth-order valence-electron chi connectivity index (χ4n) is 4.15. The van der Waals surface area contributed by atoms with Crippen molar-refractivity contribution in [2.24, 2.45) is 5.41 Å². The molecule has 3 aromatic rings. The molecule has 2 heterocycles. The number of benzene rings is 1. The second-order valence-electron chi connectivity index (χ2n) is 10.0. The number of anilines is 2. The number of nitrogen functional groups attached to an aromatic ring is 1. The molecule has 0 spiro atoms. The first kappa shape index (κ1) is 22.9. The van der Waals surface area contributed by atoms with Crippen molar-refractivity contribution < 1.29 is 0 Å². The van der Waals surface area contributed by atoms with Gasteiger partial charge in [0.2, 0.25) is 0 Å². The third kappa shape index (κ3) is 5.02. The van der Waals surface area contributed by atoms with Gasteiger partial charge in [0.1, 0.15) is 6.33 Å². The van der Waals surface area contributed by atoms with Gasteiger partial charge in [-0.2, -0.15) is 0 Å². The lowest BCUT2D eigenvalue weighted by atomic mass is 9.91. The highest BCUT2D eigenvalue weighted by atomic mass is 32.2. The van der Waals surface area contributed by atoms with Crippen molar-refractivity contribution in [1.29, 1.82) is 0 Å². The van der Waals surface area contributed by atoms with Crippen molar-refractivity contribution in [3.05, 3.63) is 29.6 Å². The van der Waals surface area contributed by atoms with Crippen LogP contribution in [0.15, 0.2) is 28.5 Å². The van der Waals surface area contributed by atoms with Crippen LogP contribution in [0.2, 0.25) is 0 Å². The van der Waals surface area contributed by atoms with E-state index < -0.39 is 0 Å². The van der Waals surface area contributed by atoms with Gasteiger partial charge >= 0.3 is 0 Å². The van der Waals surface area contributed by atoms with E-state index >= 15 is 0 Å². The lowest BCUT2D eigenvalue weighted by molar-refractivity contribution is 0.375. The first-order valence-electron chi connectivity index (χ1n) is 11.4. The maximum absolute atomic E-state index is 6.15. The van der Waals surface area contributed by atoms with Gasteiger partial charge in [-0.15, -0.1) is 0 Å². The zero-order valence-electron chi connectivity index (χ0n) is 19.9. The molecule has 0 radical (unpaired) electrons. The van der Waals surface area contributed by atoms with Gasteiger partial charge in [0.25, 0.3) is 0 Å². The van der Waals surface area contributed by atoms with Crippen molar-refractivity contribution in [1.82, 2.24) is 24.8 Å². The Balaban J connectivity index is 1.69. The van der Waals surface area contributed by atoms with E-state index in [9.17, 15) is 0 Å². The summed E-state index contributed by atoms with van der Waals surface area (Å²) in [4.78, 5) is 17.0. The number of hydrogen-bond acceptors (Lipinski definition) is 7. The van der Waals surface area contributed by atoms with Crippen LogP contribution >= 0.6 is 11.8 Å². The number of hydrogen-bond donors (Lipinski definition) is 2. The molecule has 0 atom stereocenters. The second kappa shape index (κ2) is 9.27. The first-order chi connectivity index (χ1) is 15.2. The molecule has 0 saturated carbocycles. The van der Waals surface area contributed by atoms with Gasteiger partial charge in [0.15, 0.2) is 22.1 Å². The van der Waals surface area contributed by atoms with E-state index in [2.05, 4.69) is 71.8 Å². The van der Waals surface area contributed by atoms with Crippen LogP contribution in [0.25, 0.3) is 11.2 Å². The maximum atomic E-state index is 6.15. The lowest BCUT2D eigenvalue weighted by Crippen LogP contribution is -2.29. The van der Waals surface area contributed by atoms with Crippen molar-refractivity contribution >= 4 is 34.4 Å². The van der Waals surface area contributed by atoms with Crippen molar-refractivity contribution in [3.63, 3.8) is 0 Å². The van der Waals surface area contributed by atoms with Crippen LogP contribution < -0.4 is 16.0 Å². The van der Waals surface area contributed by atoms with Crippen LogP contribution in [-0.4, -0.2) is 46.7 Å². The Kier molecular flexibility index (Phi) is 6.62. The molecule has 3 N–H and O–H groups in total. The molecule has 0 saturated heterocycles. The summed E-state index contributed by atoms with van der Waals surface area (Å²) in [6.07, 6.45) is 6.40.